The summed E-state index contributed by atoms with van der Waals surface area (Å²) in [6.07, 6.45) is 0. The number of aliphatic hydroxyl groups is 2. The number of hydrogen-bond donors (Lipinski definition) is 2. The van der Waals surface area contributed by atoms with Gasteiger partial charge in [-0.1, -0.05) is 24.0 Å². The second kappa shape index (κ2) is 7.88. The minimum Gasteiger partial charge on any atom is -0.395 e. The molecule has 1 rings (SSSR count). The maximum atomic E-state index is 9.02. The Morgan fingerprint density at radius 1 is 1.17 bits per heavy atom. The van der Waals surface area contributed by atoms with Crippen LogP contribution in [-0.2, 0) is 6.54 Å². The van der Waals surface area contributed by atoms with Crippen LogP contribution in [0.5, 0.6) is 0 Å². The summed E-state index contributed by atoms with van der Waals surface area (Å²) < 4.78 is 0. The van der Waals surface area contributed by atoms with E-state index in [1.54, 1.807) is 0 Å². The van der Waals surface area contributed by atoms with Crippen molar-refractivity contribution in [2.75, 3.05) is 19.8 Å². The van der Waals surface area contributed by atoms with Crippen LogP contribution in [0.1, 0.15) is 25.0 Å². The van der Waals surface area contributed by atoms with Crippen LogP contribution in [0.15, 0.2) is 24.3 Å². The first kappa shape index (κ1) is 14.7. The highest BCUT2D eigenvalue weighted by Gasteiger charge is 2.08. The zero-order chi connectivity index (χ0) is 13.4. The van der Waals surface area contributed by atoms with Crippen LogP contribution in [0.2, 0.25) is 0 Å². The van der Waals surface area contributed by atoms with E-state index in [2.05, 4.69) is 30.6 Å². The van der Waals surface area contributed by atoms with Gasteiger partial charge in [0, 0.05) is 24.7 Å². The number of benzene rings is 1. The molecule has 98 valence electrons. The van der Waals surface area contributed by atoms with Crippen molar-refractivity contribution in [1.29, 1.82) is 0 Å². The van der Waals surface area contributed by atoms with Gasteiger partial charge in [-0.15, -0.1) is 0 Å². The quantitative estimate of drug-likeness (QED) is 0.769. The molecule has 1 aromatic carbocycles. The molecule has 0 unspecified atom stereocenters. The van der Waals surface area contributed by atoms with E-state index in [-0.39, 0.29) is 13.2 Å². The number of rotatable bonds is 5. The van der Waals surface area contributed by atoms with Gasteiger partial charge in [-0.05, 0) is 31.5 Å². The van der Waals surface area contributed by atoms with E-state index >= 15 is 0 Å². The Morgan fingerprint density at radius 3 is 2.33 bits per heavy atom. The number of hydrogen-bond acceptors (Lipinski definition) is 3. The molecule has 0 spiro atoms. The summed E-state index contributed by atoms with van der Waals surface area (Å²) >= 11 is 0. The first-order chi connectivity index (χ1) is 8.67. The Balaban J connectivity index is 2.67. The molecule has 0 amide bonds. The van der Waals surface area contributed by atoms with Crippen molar-refractivity contribution in [1.82, 2.24) is 4.90 Å². The van der Waals surface area contributed by atoms with Gasteiger partial charge in [0.25, 0.3) is 0 Å². The smallest absolute Gasteiger partial charge is 0.104 e. The van der Waals surface area contributed by atoms with Crippen LogP contribution >= 0.6 is 0 Å². The second-order valence-electron chi connectivity index (χ2n) is 4.44. The molecule has 0 aliphatic rings. The van der Waals surface area contributed by atoms with E-state index in [1.807, 2.05) is 24.3 Å². The van der Waals surface area contributed by atoms with Gasteiger partial charge in [0.05, 0.1) is 6.61 Å². The molecule has 3 nitrogen and oxygen atoms in total. The Morgan fingerprint density at radius 2 is 1.83 bits per heavy atom. The topological polar surface area (TPSA) is 43.7 Å². The average Bonchev–Trinajstić information content (AvgIpc) is 2.37. The first-order valence-corrected chi connectivity index (χ1v) is 6.21. The molecule has 0 atom stereocenters. The van der Waals surface area contributed by atoms with E-state index in [0.29, 0.717) is 12.6 Å². The predicted molar refractivity (Wildman–Crippen MR) is 73.0 cm³/mol. The fourth-order valence-corrected chi connectivity index (χ4v) is 1.72. The summed E-state index contributed by atoms with van der Waals surface area (Å²) in [5, 5.41) is 17.6. The van der Waals surface area contributed by atoms with Crippen LogP contribution < -0.4 is 0 Å². The Kier molecular flexibility index (Phi) is 6.45. The number of aliphatic hydroxyl groups excluding tert-OH is 2. The first-order valence-electron chi connectivity index (χ1n) is 6.21. The summed E-state index contributed by atoms with van der Waals surface area (Å²) in [5.41, 5.74) is 2.11. The Hall–Kier alpha value is -1.34. The van der Waals surface area contributed by atoms with Gasteiger partial charge in [0.15, 0.2) is 0 Å². The lowest BCUT2D eigenvalue weighted by Gasteiger charge is -2.25. The van der Waals surface area contributed by atoms with Crippen LogP contribution in [0, 0.1) is 11.8 Å². The third-order valence-corrected chi connectivity index (χ3v) is 2.77. The van der Waals surface area contributed by atoms with E-state index in [0.717, 1.165) is 12.1 Å². The van der Waals surface area contributed by atoms with Gasteiger partial charge in [-0.25, -0.2) is 0 Å². The van der Waals surface area contributed by atoms with Gasteiger partial charge < -0.3 is 10.2 Å². The van der Waals surface area contributed by atoms with Gasteiger partial charge in [-0.3, -0.25) is 4.90 Å². The van der Waals surface area contributed by atoms with Crippen LogP contribution in [0.25, 0.3) is 0 Å². The molecule has 0 saturated carbocycles. The molecule has 0 aliphatic carbocycles. The van der Waals surface area contributed by atoms with E-state index in [1.165, 1.54) is 5.56 Å². The SMILES string of the molecule is CC(C)N(CCO)Cc1ccc(C#CCO)cc1. The lowest BCUT2D eigenvalue weighted by Crippen LogP contribution is -2.32. The van der Waals surface area contributed by atoms with Gasteiger partial charge in [-0.2, -0.15) is 0 Å². The summed E-state index contributed by atoms with van der Waals surface area (Å²) in [6, 6.07) is 8.39. The summed E-state index contributed by atoms with van der Waals surface area (Å²) in [7, 11) is 0. The lowest BCUT2D eigenvalue weighted by molar-refractivity contribution is 0.159. The average molecular weight is 247 g/mol. The van der Waals surface area contributed by atoms with E-state index < -0.39 is 0 Å². The van der Waals surface area contributed by atoms with E-state index in [9.17, 15) is 0 Å². The van der Waals surface area contributed by atoms with Gasteiger partial charge >= 0.3 is 0 Å². The summed E-state index contributed by atoms with van der Waals surface area (Å²) in [6.45, 7) is 5.82. The van der Waals surface area contributed by atoms with Gasteiger partial charge in [0.2, 0.25) is 0 Å². The highest BCUT2D eigenvalue weighted by Crippen LogP contribution is 2.09. The molecular weight excluding hydrogens is 226 g/mol. The van der Waals surface area contributed by atoms with Crippen LogP contribution in [-0.4, -0.2) is 40.9 Å². The second-order valence-corrected chi connectivity index (χ2v) is 4.44. The maximum Gasteiger partial charge on any atom is 0.104 e. The van der Waals surface area contributed by atoms with Crippen LogP contribution in [0.3, 0.4) is 0 Å². The van der Waals surface area contributed by atoms with Crippen molar-refractivity contribution in [3.63, 3.8) is 0 Å². The third-order valence-electron chi connectivity index (χ3n) is 2.77. The normalized spacial score (nSPS) is 10.6. The molecule has 0 saturated heterocycles. The molecule has 0 bridgehead atoms. The zero-order valence-corrected chi connectivity index (χ0v) is 11.1. The summed E-state index contributed by atoms with van der Waals surface area (Å²) in [4.78, 5) is 2.22. The molecule has 2 N–H and O–H groups in total. The highest BCUT2D eigenvalue weighted by atomic mass is 16.3. The van der Waals surface area contributed by atoms with Crippen LogP contribution in [0.4, 0.5) is 0 Å². The van der Waals surface area contributed by atoms with Gasteiger partial charge in [0.1, 0.15) is 6.61 Å². The highest BCUT2D eigenvalue weighted by molar-refractivity contribution is 5.36. The molecule has 1 aromatic rings. The van der Waals surface area contributed by atoms with Crippen molar-refractivity contribution in [2.45, 2.75) is 26.4 Å². The standard InChI is InChI=1S/C15H21NO2/c1-13(2)16(9-11-18)12-15-7-5-14(6-8-15)4-3-10-17/h5-8,13,17-18H,9-12H2,1-2H3. The molecule has 0 radical (unpaired) electrons. The molecule has 18 heavy (non-hydrogen) atoms. The summed E-state index contributed by atoms with van der Waals surface area (Å²) in [5.74, 6) is 5.49. The minimum atomic E-state index is -0.112. The van der Waals surface area contributed by atoms with E-state index in [4.69, 9.17) is 10.2 Å². The molecule has 0 aliphatic heterocycles. The van der Waals surface area contributed by atoms with Crippen molar-refractivity contribution >= 4 is 0 Å². The Labute approximate surface area is 109 Å². The maximum absolute atomic E-state index is 9.02. The lowest BCUT2D eigenvalue weighted by atomic mass is 10.1. The predicted octanol–water partition coefficient (Wildman–Crippen LogP) is 1.23. The molecule has 3 heteroatoms. The van der Waals surface area contributed by atoms with Crippen molar-refractivity contribution in [3.05, 3.63) is 35.4 Å². The van der Waals surface area contributed by atoms with Crippen molar-refractivity contribution < 1.29 is 10.2 Å². The monoisotopic (exact) mass is 247 g/mol. The minimum absolute atomic E-state index is 0.112. The zero-order valence-electron chi connectivity index (χ0n) is 11.1. The largest absolute Gasteiger partial charge is 0.395 e. The fraction of sp³-hybridized carbons (Fsp3) is 0.467. The Bertz CT molecular complexity index is 401. The van der Waals surface area contributed by atoms with Crippen molar-refractivity contribution in [3.8, 4) is 11.8 Å². The van der Waals surface area contributed by atoms with Crippen molar-refractivity contribution in [2.24, 2.45) is 0 Å². The third kappa shape index (κ3) is 4.89. The molecular formula is C15H21NO2. The molecule has 0 fully saturated rings. The number of nitrogens with zero attached hydrogens (tertiary/aromatic N) is 1. The fourth-order valence-electron chi connectivity index (χ4n) is 1.72. The molecule has 0 heterocycles. The molecule has 0 aromatic heterocycles.